The summed E-state index contributed by atoms with van der Waals surface area (Å²) in [6, 6.07) is 19.1. The Morgan fingerprint density at radius 2 is 1.64 bits per heavy atom. The molecule has 4 rings (SSSR count). The molecule has 1 heterocycles. The SMILES string of the molecule is CCOc1ccc(-n2c(CNC(=O)c3ccc(C)c(C)c3)nnc2SCC(=O)Nc2cc(C)ccc2C)cc1. The second kappa shape index (κ2) is 12.6. The molecule has 202 valence electrons. The fraction of sp³-hybridized carbons (Fsp3) is 0.267. The highest BCUT2D eigenvalue weighted by atomic mass is 32.2. The fourth-order valence-corrected chi connectivity index (χ4v) is 4.73. The van der Waals surface area contributed by atoms with Crippen molar-refractivity contribution in [3.63, 3.8) is 0 Å². The first-order chi connectivity index (χ1) is 18.7. The van der Waals surface area contributed by atoms with Gasteiger partial charge < -0.3 is 15.4 Å². The van der Waals surface area contributed by atoms with Crippen molar-refractivity contribution in [1.82, 2.24) is 20.1 Å². The van der Waals surface area contributed by atoms with Crippen LogP contribution >= 0.6 is 11.8 Å². The first-order valence-corrected chi connectivity index (χ1v) is 13.8. The quantitative estimate of drug-likeness (QED) is 0.254. The number of hydrogen-bond acceptors (Lipinski definition) is 6. The lowest BCUT2D eigenvalue weighted by molar-refractivity contribution is -0.113. The van der Waals surface area contributed by atoms with Gasteiger partial charge in [-0.25, -0.2) is 0 Å². The highest BCUT2D eigenvalue weighted by molar-refractivity contribution is 7.99. The maximum absolute atomic E-state index is 12.8. The summed E-state index contributed by atoms with van der Waals surface area (Å²) in [4.78, 5) is 25.6. The predicted molar refractivity (Wildman–Crippen MR) is 155 cm³/mol. The van der Waals surface area contributed by atoms with Gasteiger partial charge in [-0.1, -0.05) is 30.0 Å². The van der Waals surface area contributed by atoms with Gasteiger partial charge in [-0.15, -0.1) is 10.2 Å². The van der Waals surface area contributed by atoms with Crippen LogP contribution in [-0.2, 0) is 11.3 Å². The molecular weight excluding hydrogens is 510 g/mol. The second-order valence-corrected chi connectivity index (χ2v) is 10.2. The van der Waals surface area contributed by atoms with E-state index in [1.54, 1.807) is 0 Å². The number of nitrogens with one attached hydrogen (secondary N) is 2. The largest absolute Gasteiger partial charge is 0.494 e. The molecule has 0 spiro atoms. The van der Waals surface area contributed by atoms with Crippen LogP contribution in [0.25, 0.3) is 5.69 Å². The van der Waals surface area contributed by atoms with Gasteiger partial charge in [-0.2, -0.15) is 0 Å². The van der Waals surface area contributed by atoms with Gasteiger partial charge in [0, 0.05) is 16.9 Å². The molecular formula is C30H33N5O3S. The Morgan fingerprint density at radius 1 is 0.897 bits per heavy atom. The van der Waals surface area contributed by atoms with E-state index in [9.17, 15) is 9.59 Å². The average molecular weight is 544 g/mol. The fourth-order valence-electron chi connectivity index (χ4n) is 3.96. The number of thioether (sulfide) groups is 1. The number of ether oxygens (including phenoxy) is 1. The lowest BCUT2D eigenvalue weighted by atomic mass is 10.1. The third kappa shape index (κ3) is 7.06. The standard InChI is InChI=1S/C30H33N5O3S/c1-6-38-25-13-11-24(12-14-25)35-27(17-31-29(37)23-10-9-20(3)22(5)16-23)33-34-30(35)39-18-28(36)32-26-15-19(2)7-8-21(26)4/h7-16H,6,17-18H2,1-5H3,(H,31,37)(H,32,36). The summed E-state index contributed by atoms with van der Waals surface area (Å²) < 4.78 is 7.44. The van der Waals surface area contributed by atoms with Crippen molar-refractivity contribution in [2.45, 2.75) is 46.3 Å². The molecule has 2 amide bonds. The molecule has 1 aromatic heterocycles. The Morgan fingerprint density at radius 3 is 2.36 bits per heavy atom. The van der Waals surface area contributed by atoms with Crippen molar-refractivity contribution in [3.05, 3.63) is 94.3 Å². The number of aromatic nitrogens is 3. The molecule has 8 nitrogen and oxygen atoms in total. The minimum Gasteiger partial charge on any atom is -0.494 e. The first kappa shape index (κ1) is 27.9. The van der Waals surface area contributed by atoms with E-state index in [2.05, 4.69) is 20.8 Å². The Balaban J connectivity index is 1.53. The predicted octanol–water partition coefficient (Wildman–Crippen LogP) is 5.56. The average Bonchev–Trinajstić information content (AvgIpc) is 3.33. The smallest absolute Gasteiger partial charge is 0.251 e. The maximum Gasteiger partial charge on any atom is 0.251 e. The zero-order valence-corrected chi connectivity index (χ0v) is 23.7. The number of hydrogen-bond donors (Lipinski definition) is 2. The highest BCUT2D eigenvalue weighted by Crippen LogP contribution is 2.25. The van der Waals surface area contributed by atoms with Gasteiger partial charge in [-0.3, -0.25) is 14.2 Å². The summed E-state index contributed by atoms with van der Waals surface area (Å²) in [5.74, 6) is 1.12. The Hall–Kier alpha value is -4.11. The molecule has 0 aliphatic carbocycles. The van der Waals surface area contributed by atoms with Gasteiger partial charge in [0.15, 0.2) is 11.0 Å². The van der Waals surface area contributed by atoms with E-state index in [-0.39, 0.29) is 24.1 Å². The molecule has 0 atom stereocenters. The van der Waals surface area contributed by atoms with Crippen LogP contribution in [0.4, 0.5) is 5.69 Å². The van der Waals surface area contributed by atoms with Crippen LogP contribution in [0.1, 0.15) is 45.4 Å². The Labute approximate surface area is 233 Å². The van der Waals surface area contributed by atoms with Gasteiger partial charge in [0.2, 0.25) is 5.91 Å². The van der Waals surface area contributed by atoms with Crippen molar-refractivity contribution >= 4 is 29.3 Å². The lowest BCUT2D eigenvalue weighted by Gasteiger charge is -2.13. The Kier molecular flexibility index (Phi) is 9.03. The summed E-state index contributed by atoms with van der Waals surface area (Å²) in [6.45, 7) is 10.6. The molecule has 0 saturated carbocycles. The number of nitrogens with zero attached hydrogens (tertiary/aromatic N) is 3. The number of carbonyl (C=O) groups is 2. The molecule has 0 unspecified atom stereocenters. The number of benzene rings is 3. The van der Waals surface area contributed by atoms with Crippen molar-refractivity contribution in [2.24, 2.45) is 0 Å². The minimum absolute atomic E-state index is 0.139. The van der Waals surface area contributed by atoms with Crippen LogP contribution in [0.2, 0.25) is 0 Å². The molecule has 0 aliphatic heterocycles. The number of amides is 2. The van der Waals surface area contributed by atoms with Crippen LogP contribution in [0.15, 0.2) is 65.8 Å². The van der Waals surface area contributed by atoms with Crippen LogP contribution in [0, 0.1) is 27.7 Å². The first-order valence-electron chi connectivity index (χ1n) is 12.8. The third-order valence-corrected chi connectivity index (χ3v) is 7.21. The zero-order valence-electron chi connectivity index (χ0n) is 22.9. The summed E-state index contributed by atoms with van der Waals surface area (Å²) in [6.07, 6.45) is 0. The van der Waals surface area contributed by atoms with Crippen LogP contribution in [0.3, 0.4) is 0 Å². The van der Waals surface area contributed by atoms with Gasteiger partial charge >= 0.3 is 0 Å². The summed E-state index contributed by atoms with van der Waals surface area (Å²) in [5.41, 5.74) is 6.44. The molecule has 0 bridgehead atoms. The maximum atomic E-state index is 12.8. The second-order valence-electron chi connectivity index (χ2n) is 9.30. The Bertz CT molecular complexity index is 1480. The topological polar surface area (TPSA) is 98.1 Å². The summed E-state index contributed by atoms with van der Waals surface area (Å²) >= 11 is 1.28. The summed E-state index contributed by atoms with van der Waals surface area (Å²) in [5, 5.41) is 15.2. The van der Waals surface area contributed by atoms with Gasteiger partial charge in [0.1, 0.15) is 5.75 Å². The zero-order chi connectivity index (χ0) is 27.9. The van der Waals surface area contributed by atoms with Crippen molar-refractivity contribution in [3.8, 4) is 11.4 Å². The van der Waals surface area contributed by atoms with E-state index < -0.39 is 0 Å². The van der Waals surface area contributed by atoms with Gasteiger partial charge in [0.25, 0.3) is 5.91 Å². The lowest BCUT2D eigenvalue weighted by Crippen LogP contribution is -2.24. The number of carbonyl (C=O) groups excluding carboxylic acids is 2. The molecule has 2 N–H and O–H groups in total. The molecule has 39 heavy (non-hydrogen) atoms. The molecule has 0 aliphatic rings. The molecule has 4 aromatic rings. The van der Waals surface area contributed by atoms with E-state index in [1.165, 1.54) is 11.8 Å². The number of aryl methyl sites for hydroxylation is 4. The normalized spacial score (nSPS) is 10.8. The van der Waals surface area contributed by atoms with E-state index in [4.69, 9.17) is 4.74 Å². The van der Waals surface area contributed by atoms with Crippen LogP contribution in [0.5, 0.6) is 5.75 Å². The van der Waals surface area contributed by atoms with E-state index in [0.29, 0.717) is 23.2 Å². The summed E-state index contributed by atoms with van der Waals surface area (Å²) in [7, 11) is 0. The number of anilines is 1. The van der Waals surface area contributed by atoms with Crippen molar-refractivity contribution < 1.29 is 14.3 Å². The van der Waals surface area contributed by atoms with E-state index in [1.807, 2.05) is 99.8 Å². The van der Waals surface area contributed by atoms with Crippen molar-refractivity contribution in [1.29, 1.82) is 0 Å². The molecule has 0 fully saturated rings. The molecule has 9 heteroatoms. The highest BCUT2D eigenvalue weighted by Gasteiger charge is 2.18. The van der Waals surface area contributed by atoms with Gasteiger partial charge in [-0.05, 0) is 99.3 Å². The van der Waals surface area contributed by atoms with E-state index in [0.717, 1.165) is 39.4 Å². The van der Waals surface area contributed by atoms with Crippen LogP contribution in [-0.4, -0.2) is 38.9 Å². The third-order valence-electron chi connectivity index (χ3n) is 6.28. The monoisotopic (exact) mass is 543 g/mol. The molecule has 0 saturated heterocycles. The molecule has 0 radical (unpaired) electrons. The molecule has 3 aromatic carbocycles. The van der Waals surface area contributed by atoms with Crippen molar-refractivity contribution in [2.75, 3.05) is 17.7 Å². The van der Waals surface area contributed by atoms with E-state index >= 15 is 0 Å². The van der Waals surface area contributed by atoms with Gasteiger partial charge in [0.05, 0.1) is 18.9 Å². The number of rotatable bonds is 10. The van der Waals surface area contributed by atoms with Crippen LogP contribution < -0.4 is 15.4 Å². The minimum atomic E-state index is -0.193.